The Bertz CT molecular complexity index is 1020. The molecule has 4 amide bonds. The second kappa shape index (κ2) is 6.76. The van der Waals surface area contributed by atoms with E-state index in [0.29, 0.717) is 12.1 Å². The van der Waals surface area contributed by atoms with Crippen molar-refractivity contribution in [1.29, 1.82) is 0 Å². The number of allylic oxidation sites excluding steroid dienone is 4. The van der Waals surface area contributed by atoms with Crippen molar-refractivity contribution in [2.45, 2.75) is 26.2 Å². The summed E-state index contributed by atoms with van der Waals surface area (Å²) in [6.45, 7) is 1.97. The van der Waals surface area contributed by atoms with Gasteiger partial charge in [-0.05, 0) is 49.3 Å². The topological polar surface area (TPSA) is 74.8 Å². The molecule has 0 radical (unpaired) electrons. The SMILES string of the molecule is Cc1ccc(N2C(=O)C3C4C=C(/C=C/CC5CC(=O)N(C)C5=O)C(C4)C3C2=O)cc1. The molecule has 1 saturated carbocycles. The number of likely N-dealkylation sites (tertiary alicyclic amines) is 1. The van der Waals surface area contributed by atoms with Gasteiger partial charge in [-0.2, -0.15) is 0 Å². The molecule has 6 heteroatoms. The third kappa shape index (κ3) is 2.70. The van der Waals surface area contributed by atoms with Gasteiger partial charge in [-0.25, -0.2) is 0 Å². The fraction of sp³-hybridized carbons (Fsp3) is 0.417. The van der Waals surface area contributed by atoms with Crippen molar-refractivity contribution >= 4 is 29.3 Å². The predicted molar refractivity (Wildman–Crippen MR) is 110 cm³/mol. The zero-order valence-corrected chi connectivity index (χ0v) is 17.1. The lowest BCUT2D eigenvalue weighted by atomic mass is 9.81. The van der Waals surface area contributed by atoms with Crippen molar-refractivity contribution in [2.75, 3.05) is 11.9 Å². The number of fused-ring (bicyclic) bond motifs is 5. The number of nitrogens with zero attached hydrogens (tertiary/aromatic N) is 2. The van der Waals surface area contributed by atoms with Crippen LogP contribution in [-0.2, 0) is 19.2 Å². The maximum absolute atomic E-state index is 13.2. The standard InChI is InChI=1S/C24H24N2O4/c1-13-6-8-17(9-7-13)26-23(29)20-16-10-14(18(11-16)21(20)24(26)30)4-3-5-15-12-19(27)25(2)22(15)28/h3-4,6-10,15-16,18,20-21H,5,11-12H2,1-2H3/b4-3+. The van der Waals surface area contributed by atoms with Gasteiger partial charge in [0, 0.05) is 13.5 Å². The minimum absolute atomic E-state index is 0.0479. The van der Waals surface area contributed by atoms with Crippen LogP contribution in [0.2, 0.25) is 0 Å². The third-order valence-corrected chi connectivity index (χ3v) is 7.15. The van der Waals surface area contributed by atoms with Crippen LogP contribution in [0.15, 0.2) is 48.1 Å². The first kappa shape index (κ1) is 19.0. The number of rotatable bonds is 4. The Morgan fingerprint density at radius 2 is 1.70 bits per heavy atom. The van der Waals surface area contributed by atoms with Gasteiger partial charge in [0.25, 0.3) is 0 Å². The lowest BCUT2D eigenvalue weighted by Gasteiger charge is -2.20. The largest absolute Gasteiger partial charge is 0.285 e. The van der Waals surface area contributed by atoms with Gasteiger partial charge in [0.2, 0.25) is 23.6 Å². The molecule has 1 aromatic rings. The summed E-state index contributed by atoms with van der Waals surface area (Å²) in [4.78, 5) is 52.5. The molecule has 5 rings (SSSR count). The first-order valence-electron chi connectivity index (χ1n) is 10.5. The minimum atomic E-state index is -0.297. The van der Waals surface area contributed by atoms with Crippen molar-refractivity contribution in [3.8, 4) is 0 Å². The molecule has 3 fully saturated rings. The number of anilines is 1. The molecule has 5 atom stereocenters. The molecule has 2 heterocycles. The summed E-state index contributed by atoms with van der Waals surface area (Å²) in [5.41, 5.74) is 2.81. The van der Waals surface area contributed by atoms with Crippen LogP contribution in [-0.4, -0.2) is 35.6 Å². The molecule has 2 aliphatic carbocycles. The van der Waals surface area contributed by atoms with Gasteiger partial charge in [0.15, 0.2) is 0 Å². The van der Waals surface area contributed by atoms with Crippen LogP contribution in [0.25, 0.3) is 0 Å². The van der Waals surface area contributed by atoms with Crippen LogP contribution in [0.4, 0.5) is 5.69 Å². The lowest BCUT2D eigenvalue weighted by molar-refractivity contribution is -0.137. The molecule has 4 aliphatic rings. The number of hydrogen-bond donors (Lipinski definition) is 0. The molecule has 154 valence electrons. The van der Waals surface area contributed by atoms with E-state index in [1.165, 1.54) is 16.8 Å². The van der Waals surface area contributed by atoms with Crippen LogP contribution >= 0.6 is 0 Å². The predicted octanol–water partition coefficient (Wildman–Crippen LogP) is 2.63. The van der Waals surface area contributed by atoms with Crippen LogP contribution in [0.5, 0.6) is 0 Å². The number of carbonyl (C=O) groups excluding carboxylic acids is 4. The lowest BCUT2D eigenvalue weighted by Crippen LogP contribution is -2.32. The van der Waals surface area contributed by atoms with Crippen molar-refractivity contribution in [3.63, 3.8) is 0 Å². The molecule has 2 aliphatic heterocycles. The van der Waals surface area contributed by atoms with E-state index >= 15 is 0 Å². The van der Waals surface area contributed by atoms with Gasteiger partial charge < -0.3 is 0 Å². The number of benzene rings is 1. The van der Waals surface area contributed by atoms with E-state index in [1.807, 2.05) is 43.3 Å². The Hall–Kier alpha value is -3.02. The van der Waals surface area contributed by atoms with Crippen molar-refractivity contribution in [3.05, 3.63) is 53.6 Å². The van der Waals surface area contributed by atoms with Gasteiger partial charge >= 0.3 is 0 Å². The Morgan fingerprint density at radius 1 is 1.00 bits per heavy atom. The van der Waals surface area contributed by atoms with E-state index in [1.54, 1.807) is 0 Å². The summed E-state index contributed by atoms with van der Waals surface area (Å²) in [5, 5.41) is 0. The monoisotopic (exact) mass is 404 g/mol. The summed E-state index contributed by atoms with van der Waals surface area (Å²) in [6.07, 6.45) is 7.66. The summed E-state index contributed by atoms with van der Waals surface area (Å²) < 4.78 is 0. The zero-order chi connectivity index (χ0) is 21.2. The maximum atomic E-state index is 13.2. The van der Waals surface area contributed by atoms with Crippen molar-refractivity contribution < 1.29 is 19.2 Å². The fourth-order valence-electron chi connectivity index (χ4n) is 5.57. The molecule has 2 saturated heterocycles. The number of amides is 4. The van der Waals surface area contributed by atoms with Crippen LogP contribution < -0.4 is 4.90 Å². The summed E-state index contributed by atoms with van der Waals surface area (Å²) in [7, 11) is 1.52. The smallest absolute Gasteiger partial charge is 0.238 e. The number of aryl methyl sites for hydroxylation is 1. The third-order valence-electron chi connectivity index (χ3n) is 7.15. The van der Waals surface area contributed by atoms with Crippen LogP contribution in [0.3, 0.4) is 0 Å². The number of imide groups is 2. The highest BCUT2D eigenvalue weighted by atomic mass is 16.2. The first-order valence-corrected chi connectivity index (χ1v) is 10.5. The Balaban J connectivity index is 1.31. The molecule has 5 unspecified atom stereocenters. The van der Waals surface area contributed by atoms with E-state index in [9.17, 15) is 19.2 Å². The highest BCUT2D eigenvalue weighted by molar-refractivity contribution is 6.22. The number of hydrogen-bond acceptors (Lipinski definition) is 4. The first-order chi connectivity index (χ1) is 14.4. The molecule has 1 aromatic carbocycles. The van der Waals surface area contributed by atoms with E-state index in [0.717, 1.165) is 17.6 Å². The van der Waals surface area contributed by atoms with E-state index in [2.05, 4.69) is 6.08 Å². The van der Waals surface area contributed by atoms with Gasteiger partial charge in [0.1, 0.15) is 0 Å². The molecule has 0 spiro atoms. The van der Waals surface area contributed by atoms with Crippen LogP contribution in [0.1, 0.15) is 24.8 Å². The van der Waals surface area contributed by atoms with Crippen LogP contribution in [0, 0.1) is 36.5 Å². The normalized spacial score (nSPS) is 32.7. The maximum Gasteiger partial charge on any atom is 0.238 e. The molecule has 2 bridgehead atoms. The second-order valence-corrected chi connectivity index (χ2v) is 8.90. The summed E-state index contributed by atoms with van der Waals surface area (Å²) in [5.74, 6) is -1.16. The number of carbonyl (C=O) groups is 4. The molecule has 30 heavy (non-hydrogen) atoms. The Morgan fingerprint density at radius 3 is 2.37 bits per heavy atom. The van der Waals surface area contributed by atoms with E-state index < -0.39 is 0 Å². The summed E-state index contributed by atoms with van der Waals surface area (Å²) >= 11 is 0. The van der Waals surface area contributed by atoms with E-state index in [4.69, 9.17) is 0 Å². The highest BCUT2D eigenvalue weighted by Crippen LogP contribution is 2.56. The van der Waals surface area contributed by atoms with Crippen molar-refractivity contribution in [2.24, 2.45) is 29.6 Å². The molecule has 0 aromatic heterocycles. The second-order valence-electron chi connectivity index (χ2n) is 8.90. The minimum Gasteiger partial charge on any atom is -0.285 e. The highest BCUT2D eigenvalue weighted by Gasteiger charge is 2.61. The van der Waals surface area contributed by atoms with Crippen molar-refractivity contribution in [1.82, 2.24) is 4.90 Å². The molecular formula is C24H24N2O4. The van der Waals surface area contributed by atoms with Gasteiger partial charge in [-0.1, -0.05) is 35.9 Å². The molecule has 0 N–H and O–H groups in total. The summed E-state index contributed by atoms with van der Waals surface area (Å²) in [6, 6.07) is 7.49. The molecule has 6 nitrogen and oxygen atoms in total. The zero-order valence-electron chi connectivity index (χ0n) is 17.1. The van der Waals surface area contributed by atoms with E-state index in [-0.39, 0.29) is 59.6 Å². The average Bonchev–Trinajstić information content (AvgIpc) is 3.43. The average molecular weight is 404 g/mol. The van der Waals surface area contributed by atoms with Gasteiger partial charge in [-0.15, -0.1) is 0 Å². The van der Waals surface area contributed by atoms with Gasteiger partial charge in [0.05, 0.1) is 23.4 Å². The quantitative estimate of drug-likeness (QED) is 0.723. The molecular weight excluding hydrogens is 380 g/mol. The van der Waals surface area contributed by atoms with Gasteiger partial charge in [-0.3, -0.25) is 29.0 Å². The Labute approximate surface area is 175 Å². The fourth-order valence-corrected chi connectivity index (χ4v) is 5.57. The Kier molecular flexibility index (Phi) is 4.27.